The van der Waals surface area contributed by atoms with Crippen molar-refractivity contribution in [3.05, 3.63) is 46.5 Å². The van der Waals surface area contributed by atoms with Crippen molar-refractivity contribution in [1.82, 2.24) is 14.5 Å². The number of pyridine rings is 1. The Morgan fingerprint density at radius 1 is 1.27 bits per heavy atom. The predicted octanol–water partition coefficient (Wildman–Crippen LogP) is 2.25. The van der Waals surface area contributed by atoms with Gasteiger partial charge in [-0.05, 0) is 25.5 Å². The summed E-state index contributed by atoms with van der Waals surface area (Å²) < 4.78 is 48.3. The lowest BCUT2D eigenvalue weighted by atomic mass is 10.1. The molecule has 10 heteroatoms. The van der Waals surface area contributed by atoms with Crippen molar-refractivity contribution < 1.29 is 17.9 Å². The molecule has 2 atom stereocenters. The standard InChI is InChI=1S/C20H24F3N5O2/c1-14-13-30-11-10-26(14)17-12-18(29)28-9-6-16(20(21,22)23)27(19(28)25-17)8-5-15-4-2-3-7-24-15/h2-4,7,12,14,16H,5-6,8-11,13H2,1H3/t14-,16+/m1/s1. The number of fused-ring (bicyclic) bond motifs is 1. The Balaban J connectivity index is 1.71. The summed E-state index contributed by atoms with van der Waals surface area (Å²) in [4.78, 5) is 24.6. The van der Waals surface area contributed by atoms with Crippen LogP contribution in [-0.4, -0.2) is 59.1 Å². The van der Waals surface area contributed by atoms with Gasteiger partial charge in [0.15, 0.2) is 0 Å². The number of nitrogens with zero attached hydrogens (tertiary/aromatic N) is 5. The minimum absolute atomic E-state index is 0.00955. The number of morpholine rings is 1. The van der Waals surface area contributed by atoms with Crippen molar-refractivity contribution in [2.45, 2.75) is 44.6 Å². The molecule has 1 fully saturated rings. The molecular formula is C20H24F3N5O2. The fourth-order valence-electron chi connectivity index (χ4n) is 4.05. The van der Waals surface area contributed by atoms with Gasteiger partial charge in [0.05, 0.1) is 19.3 Å². The van der Waals surface area contributed by atoms with Crippen LogP contribution < -0.4 is 15.4 Å². The third-order valence-corrected chi connectivity index (χ3v) is 5.61. The summed E-state index contributed by atoms with van der Waals surface area (Å²) in [6.45, 7) is 3.50. The van der Waals surface area contributed by atoms with E-state index in [-0.39, 0.29) is 37.1 Å². The summed E-state index contributed by atoms with van der Waals surface area (Å²) in [6, 6.07) is 5.04. The van der Waals surface area contributed by atoms with Crippen LogP contribution in [-0.2, 0) is 17.7 Å². The summed E-state index contributed by atoms with van der Waals surface area (Å²) in [5, 5.41) is 0. The van der Waals surface area contributed by atoms with E-state index in [9.17, 15) is 18.0 Å². The van der Waals surface area contributed by atoms with Crippen LogP contribution in [0.1, 0.15) is 19.0 Å². The Labute approximate surface area is 172 Å². The van der Waals surface area contributed by atoms with E-state index in [0.717, 1.165) is 0 Å². The Bertz CT molecular complexity index is 934. The van der Waals surface area contributed by atoms with E-state index in [4.69, 9.17) is 4.74 Å². The quantitative estimate of drug-likeness (QED) is 0.752. The first kappa shape index (κ1) is 20.6. The predicted molar refractivity (Wildman–Crippen MR) is 106 cm³/mol. The normalized spacial score (nSPS) is 22.1. The summed E-state index contributed by atoms with van der Waals surface area (Å²) >= 11 is 0. The van der Waals surface area contributed by atoms with Gasteiger partial charge in [0.2, 0.25) is 5.95 Å². The van der Waals surface area contributed by atoms with Gasteiger partial charge in [0.25, 0.3) is 5.56 Å². The van der Waals surface area contributed by atoms with Gasteiger partial charge in [0, 0.05) is 44.0 Å². The molecule has 0 spiro atoms. The Hall–Kier alpha value is -2.62. The molecule has 30 heavy (non-hydrogen) atoms. The van der Waals surface area contributed by atoms with E-state index >= 15 is 0 Å². The van der Waals surface area contributed by atoms with E-state index in [1.165, 1.54) is 15.5 Å². The van der Waals surface area contributed by atoms with Crippen LogP contribution >= 0.6 is 0 Å². The van der Waals surface area contributed by atoms with E-state index < -0.39 is 12.2 Å². The van der Waals surface area contributed by atoms with Crippen LogP contribution in [0.4, 0.5) is 24.9 Å². The van der Waals surface area contributed by atoms with Crippen LogP contribution in [0.25, 0.3) is 0 Å². The number of aromatic nitrogens is 3. The fraction of sp³-hybridized carbons (Fsp3) is 0.550. The first-order valence-corrected chi connectivity index (χ1v) is 10.0. The van der Waals surface area contributed by atoms with Crippen LogP contribution in [0.2, 0.25) is 0 Å². The average molecular weight is 423 g/mol. The average Bonchev–Trinajstić information content (AvgIpc) is 2.72. The molecule has 2 aliphatic heterocycles. The maximum absolute atomic E-state index is 13.8. The summed E-state index contributed by atoms with van der Waals surface area (Å²) in [7, 11) is 0. The van der Waals surface area contributed by atoms with E-state index in [0.29, 0.717) is 37.7 Å². The summed E-state index contributed by atoms with van der Waals surface area (Å²) in [5.41, 5.74) is 0.355. The second-order valence-corrected chi connectivity index (χ2v) is 7.63. The Morgan fingerprint density at radius 2 is 2.10 bits per heavy atom. The van der Waals surface area contributed by atoms with Crippen LogP contribution in [0, 0.1) is 0 Å². The number of hydrogen-bond donors (Lipinski definition) is 0. The van der Waals surface area contributed by atoms with Crippen molar-refractivity contribution in [3.63, 3.8) is 0 Å². The lowest BCUT2D eigenvalue weighted by Crippen LogP contribution is -2.53. The number of hydrogen-bond acceptors (Lipinski definition) is 6. The van der Waals surface area contributed by atoms with Gasteiger partial charge in [0.1, 0.15) is 11.9 Å². The first-order chi connectivity index (χ1) is 14.3. The molecule has 0 aliphatic carbocycles. The van der Waals surface area contributed by atoms with Crippen LogP contribution in [0.15, 0.2) is 35.3 Å². The maximum atomic E-state index is 13.8. The molecule has 4 heterocycles. The molecule has 2 aromatic rings. The van der Waals surface area contributed by atoms with E-state index in [2.05, 4.69) is 9.97 Å². The maximum Gasteiger partial charge on any atom is 0.408 e. The monoisotopic (exact) mass is 423 g/mol. The number of alkyl halides is 3. The first-order valence-electron chi connectivity index (χ1n) is 10.0. The number of ether oxygens (including phenoxy) is 1. The Kier molecular flexibility index (Phi) is 5.68. The second kappa shape index (κ2) is 8.25. The molecule has 0 unspecified atom stereocenters. The molecule has 0 saturated carbocycles. The van der Waals surface area contributed by atoms with Gasteiger partial charge in [-0.2, -0.15) is 18.2 Å². The van der Waals surface area contributed by atoms with E-state index in [1.807, 2.05) is 11.8 Å². The molecule has 0 radical (unpaired) electrons. The molecule has 7 nitrogen and oxygen atoms in total. The third kappa shape index (κ3) is 4.14. The number of anilines is 2. The molecule has 0 N–H and O–H groups in total. The summed E-state index contributed by atoms with van der Waals surface area (Å²) in [6.07, 6.45) is -2.67. The fourth-order valence-corrected chi connectivity index (χ4v) is 4.05. The molecule has 0 bridgehead atoms. The number of rotatable bonds is 4. The highest BCUT2D eigenvalue weighted by Crippen LogP contribution is 2.34. The smallest absolute Gasteiger partial charge is 0.377 e. The number of halogens is 3. The van der Waals surface area contributed by atoms with Gasteiger partial charge in [-0.1, -0.05) is 6.07 Å². The lowest BCUT2D eigenvalue weighted by molar-refractivity contribution is -0.152. The highest BCUT2D eigenvalue weighted by atomic mass is 19.4. The molecule has 4 rings (SSSR count). The zero-order valence-corrected chi connectivity index (χ0v) is 16.7. The van der Waals surface area contributed by atoms with Gasteiger partial charge < -0.3 is 14.5 Å². The topological polar surface area (TPSA) is 63.5 Å². The molecule has 2 aliphatic rings. The third-order valence-electron chi connectivity index (χ3n) is 5.61. The van der Waals surface area contributed by atoms with Crippen molar-refractivity contribution in [2.75, 3.05) is 36.1 Å². The lowest BCUT2D eigenvalue weighted by Gasteiger charge is -2.40. The van der Waals surface area contributed by atoms with Crippen molar-refractivity contribution in [3.8, 4) is 0 Å². The Morgan fingerprint density at radius 3 is 2.80 bits per heavy atom. The molecule has 0 amide bonds. The largest absolute Gasteiger partial charge is 0.408 e. The second-order valence-electron chi connectivity index (χ2n) is 7.63. The van der Waals surface area contributed by atoms with Gasteiger partial charge in [-0.3, -0.25) is 14.3 Å². The van der Waals surface area contributed by atoms with Crippen molar-refractivity contribution in [2.24, 2.45) is 0 Å². The highest BCUT2D eigenvalue weighted by molar-refractivity contribution is 5.47. The highest BCUT2D eigenvalue weighted by Gasteiger charge is 2.46. The molecular weight excluding hydrogens is 399 g/mol. The minimum atomic E-state index is -4.42. The minimum Gasteiger partial charge on any atom is -0.377 e. The van der Waals surface area contributed by atoms with Gasteiger partial charge in [-0.25, -0.2) is 0 Å². The molecule has 2 aromatic heterocycles. The molecule has 162 valence electrons. The SMILES string of the molecule is C[C@@H]1COCCN1c1cc(=O)n2c(n1)N(CCc1ccccn1)[C@H](C(F)(F)F)CC2. The van der Waals surface area contributed by atoms with Gasteiger partial charge >= 0.3 is 6.18 Å². The van der Waals surface area contributed by atoms with Crippen LogP contribution in [0.3, 0.4) is 0 Å². The van der Waals surface area contributed by atoms with E-state index in [1.54, 1.807) is 24.4 Å². The molecule has 0 aromatic carbocycles. The zero-order valence-electron chi connectivity index (χ0n) is 16.7. The van der Waals surface area contributed by atoms with Gasteiger partial charge in [-0.15, -0.1) is 0 Å². The van der Waals surface area contributed by atoms with Crippen molar-refractivity contribution in [1.29, 1.82) is 0 Å². The van der Waals surface area contributed by atoms with Crippen molar-refractivity contribution >= 4 is 11.8 Å². The zero-order chi connectivity index (χ0) is 21.3. The molecule has 1 saturated heterocycles. The van der Waals surface area contributed by atoms with Crippen LogP contribution in [0.5, 0.6) is 0 Å². The summed E-state index contributed by atoms with van der Waals surface area (Å²) in [5.74, 6) is 0.466.